The summed E-state index contributed by atoms with van der Waals surface area (Å²) in [7, 11) is -4.82. The first kappa shape index (κ1) is 13.0. The normalized spacial score (nSPS) is 11.1. The third-order valence-electron chi connectivity index (χ3n) is 1.70. The molecule has 0 aliphatic heterocycles. The predicted octanol–water partition coefficient (Wildman–Crippen LogP) is 1.65. The van der Waals surface area contributed by atoms with Crippen molar-refractivity contribution in [3.8, 4) is 0 Å². The molecule has 1 rings (SSSR count). The number of anilines is 1. The molecule has 0 unspecified atom stereocenters. The Kier molecular flexibility index (Phi) is 4.31. The average Bonchev–Trinajstić information content (AvgIpc) is 2.17. The lowest BCUT2D eigenvalue weighted by atomic mass is 10.3. The van der Waals surface area contributed by atoms with Crippen LogP contribution in [-0.2, 0) is 15.0 Å². The molecule has 1 aromatic rings. The molecule has 0 bridgehead atoms. The fourth-order valence-electron chi connectivity index (χ4n) is 1.10. The minimum Gasteiger partial charge on any atom is -0.324 e. The van der Waals surface area contributed by atoms with Crippen LogP contribution in [0.3, 0.4) is 0 Å². The molecule has 0 radical (unpaired) electrons. The third-order valence-corrected chi connectivity index (χ3v) is 3.13. The number of thioether (sulfide) groups is 1. The van der Waals surface area contributed by atoms with Gasteiger partial charge in [0, 0.05) is 0 Å². The first-order valence-corrected chi connectivity index (χ1v) is 7.05. The van der Waals surface area contributed by atoms with Crippen LogP contribution in [0.5, 0.6) is 0 Å². The van der Waals surface area contributed by atoms with Crippen LogP contribution in [0.2, 0.25) is 0 Å². The zero-order valence-electron chi connectivity index (χ0n) is 8.44. The molecule has 0 aliphatic rings. The highest BCUT2D eigenvalue weighted by atomic mass is 32.3. The summed E-state index contributed by atoms with van der Waals surface area (Å²) in [5.41, 5.74) is -0.0379. The molecule has 16 heavy (non-hydrogen) atoms. The van der Waals surface area contributed by atoms with E-state index in [0.29, 0.717) is 0 Å². The van der Waals surface area contributed by atoms with Crippen molar-refractivity contribution in [2.75, 3.05) is 17.3 Å². The molecule has 1 aromatic carbocycles. The van der Waals surface area contributed by atoms with Crippen molar-refractivity contribution in [3.63, 3.8) is 0 Å². The fraction of sp³-hybridized carbons (Fsp3) is 0.222. The van der Waals surface area contributed by atoms with E-state index in [4.69, 9.17) is 0 Å². The number of halogens is 1. The Morgan fingerprint density at radius 1 is 1.44 bits per heavy atom. The first-order valence-electron chi connectivity index (χ1n) is 4.27. The van der Waals surface area contributed by atoms with Gasteiger partial charge in [-0.3, -0.25) is 4.79 Å². The maximum Gasteiger partial charge on any atom is 0.334 e. The van der Waals surface area contributed by atoms with Crippen molar-refractivity contribution in [1.82, 2.24) is 0 Å². The zero-order chi connectivity index (χ0) is 12.2. The van der Waals surface area contributed by atoms with Crippen molar-refractivity contribution in [3.05, 3.63) is 24.3 Å². The highest BCUT2D eigenvalue weighted by Crippen LogP contribution is 2.22. The molecule has 0 spiro atoms. The average molecular weight is 263 g/mol. The molecule has 0 heterocycles. The van der Waals surface area contributed by atoms with Gasteiger partial charge in [-0.05, 0) is 18.4 Å². The number of benzene rings is 1. The van der Waals surface area contributed by atoms with Crippen molar-refractivity contribution in [2.45, 2.75) is 4.90 Å². The van der Waals surface area contributed by atoms with Crippen molar-refractivity contribution in [1.29, 1.82) is 0 Å². The smallest absolute Gasteiger partial charge is 0.324 e. The maximum absolute atomic E-state index is 12.8. The second-order valence-electron chi connectivity index (χ2n) is 2.92. The van der Waals surface area contributed by atoms with E-state index in [1.807, 2.05) is 0 Å². The van der Waals surface area contributed by atoms with E-state index in [1.54, 1.807) is 6.26 Å². The molecule has 0 aliphatic carbocycles. The zero-order valence-corrected chi connectivity index (χ0v) is 10.1. The van der Waals surface area contributed by atoms with Crippen LogP contribution in [-0.4, -0.2) is 26.3 Å². The van der Waals surface area contributed by atoms with E-state index in [-0.39, 0.29) is 17.3 Å². The topological polar surface area (TPSA) is 63.2 Å². The number of para-hydroxylation sites is 1. The molecule has 1 amide bonds. The highest BCUT2D eigenvalue weighted by molar-refractivity contribution is 7.99. The molecular weight excluding hydrogens is 253 g/mol. The Labute approximate surface area is 97.4 Å². The molecule has 88 valence electrons. The van der Waals surface area contributed by atoms with Crippen molar-refractivity contribution < 1.29 is 17.1 Å². The van der Waals surface area contributed by atoms with Crippen molar-refractivity contribution >= 4 is 33.6 Å². The van der Waals surface area contributed by atoms with Crippen LogP contribution < -0.4 is 5.32 Å². The second kappa shape index (κ2) is 5.31. The number of nitrogens with one attached hydrogen (secondary N) is 1. The van der Waals surface area contributed by atoms with Gasteiger partial charge in [-0.25, -0.2) is 0 Å². The van der Waals surface area contributed by atoms with Gasteiger partial charge >= 0.3 is 10.2 Å². The standard InChI is InChI=1S/C9H10FNO3S2/c1-15-6-9(12)11-7-4-2-3-5-8(7)16(10,13)14/h2-5H,6H2,1H3,(H,11,12). The molecular formula is C9H10FNO3S2. The number of carbonyl (C=O) groups is 1. The highest BCUT2D eigenvalue weighted by Gasteiger charge is 2.17. The van der Waals surface area contributed by atoms with E-state index in [0.717, 1.165) is 6.07 Å². The molecule has 7 heteroatoms. The molecule has 0 aromatic heterocycles. The van der Waals surface area contributed by atoms with Crippen molar-refractivity contribution in [2.24, 2.45) is 0 Å². The summed E-state index contributed by atoms with van der Waals surface area (Å²) >= 11 is 1.29. The molecule has 0 fully saturated rings. The van der Waals surface area contributed by atoms with Crippen LogP contribution in [0.1, 0.15) is 0 Å². The number of amides is 1. The van der Waals surface area contributed by atoms with Gasteiger partial charge in [0.25, 0.3) is 0 Å². The summed E-state index contributed by atoms with van der Waals surface area (Å²) in [5.74, 6) is -0.190. The summed E-state index contributed by atoms with van der Waals surface area (Å²) in [6, 6.07) is 5.34. The summed E-state index contributed by atoms with van der Waals surface area (Å²) in [4.78, 5) is 10.7. The molecule has 1 N–H and O–H groups in total. The van der Waals surface area contributed by atoms with E-state index < -0.39 is 15.1 Å². The Bertz CT molecular complexity index is 487. The van der Waals surface area contributed by atoms with E-state index in [2.05, 4.69) is 5.32 Å². The molecule has 4 nitrogen and oxygen atoms in total. The van der Waals surface area contributed by atoms with Crippen LogP contribution in [0.15, 0.2) is 29.2 Å². The van der Waals surface area contributed by atoms with Gasteiger partial charge in [-0.1, -0.05) is 12.1 Å². The Morgan fingerprint density at radius 2 is 2.06 bits per heavy atom. The third kappa shape index (κ3) is 3.49. The number of hydrogen-bond acceptors (Lipinski definition) is 4. The van der Waals surface area contributed by atoms with Gasteiger partial charge in [-0.2, -0.15) is 20.2 Å². The lowest BCUT2D eigenvalue weighted by Gasteiger charge is -2.07. The molecule has 0 saturated carbocycles. The maximum atomic E-state index is 12.8. The minimum absolute atomic E-state index is 0.0379. The number of rotatable bonds is 4. The van der Waals surface area contributed by atoms with Crippen LogP contribution in [0, 0.1) is 0 Å². The Morgan fingerprint density at radius 3 is 2.62 bits per heavy atom. The second-order valence-corrected chi connectivity index (χ2v) is 5.10. The van der Waals surface area contributed by atoms with Gasteiger partial charge in [0.1, 0.15) is 4.90 Å². The van der Waals surface area contributed by atoms with Gasteiger partial charge in [0.05, 0.1) is 11.4 Å². The molecule has 0 saturated heterocycles. The molecule has 0 atom stereocenters. The van der Waals surface area contributed by atoms with E-state index >= 15 is 0 Å². The van der Waals surface area contributed by atoms with Gasteiger partial charge in [0.2, 0.25) is 5.91 Å². The monoisotopic (exact) mass is 263 g/mol. The fourth-order valence-corrected chi connectivity index (χ4v) is 2.06. The van der Waals surface area contributed by atoms with E-state index in [9.17, 15) is 17.1 Å². The van der Waals surface area contributed by atoms with Gasteiger partial charge < -0.3 is 5.32 Å². The lowest BCUT2D eigenvalue weighted by molar-refractivity contribution is -0.113. The van der Waals surface area contributed by atoms with Gasteiger partial charge in [-0.15, -0.1) is 3.89 Å². The summed E-state index contributed by atoms with van der Waals surface area (Å²) < 4.78 is 34.4. The summed E-state index contributed by atoms with van der Waals surface area (Å²) in [5, 5.41) is 2.34. The quantitative estimate of drug-likeness (QED) is 0.839. The van der Waals surface area contributed by atoms with E-state index in [1.165, 1.54) is 30.0 Å². The number of hydrogen-bond donors (Lipinski definition) is 1. The SMILES string of the molecule is CSCC(=O)Nc1ccccc1S(=O)(=O)F. The summed E-state index contributed by atoms with van der Waals surface area (Å²) in [6.07, 6.45) is 1.73. The lowest BCUT2D eigenvalue weighted by Crippen LogP contribution is -2.15. The number of carbonyl (C=O) groups excluding carboxylic acids is 1. The van der Waals surface area contributed by atoms with Crippen LogP contribution in [0.4, 0.5) is 9.57 Å². The minimum atomic E-state index is -4.82. The van der Waals surface area contributed by atoms with Crippen LogP contribution >= 0.6 is 11.8 Å². The summed E-state index contributed by atoms with van der Waals surface area (Å²) in [6.45, 7) is 0. The van der Waals surface area contributed by atoms with Gasteiger partial charge in [0.15, 0.2) is 0 Å². The predicted molar refractivity (Wildman–Crippen MR) is 61.7 cm³/mol. The largest absolute Gasteiger partial charge is 0.334 e. The Balaban J connectivity index is 3.01. The first-order chi connectivity index (χ1) is 7.45. The Hall–Kier alpha value is -1.08. The van der Waals surface area contributed by atoms with Crippen LogP contribution in [0.25, 0.3) is 0 Å².